The van der Waals surface area contributed by atoms with E-state index in [4.69, 9.17) is 11.6 Å². The van der Waals surface area contributed by atoms with Crippen LogP contribution in [-0.4, -0.2) is 13.1 Å². The largest absolute Gasteiger partial charge is 0.316 e. The van der Waals surface area contributed by atoms with Crippen LogP contribution in [0.15, 0.2) is 24.3 Å². The van der Waals surface area contributed by atoms with Gasteiger partial charge in [-0.1, -0.05) is 37.6 Å². The van der Waals surface area contributed by atoms with Crippen LogP contribution in [-0.2, 0) is 5.41 Å². The van der Waals surface area contributed by atoms with E-state index in [1.165, 1.54) is 18.4 Å². The molecule has 0 aromatic heterocycles. The minimum atomic E-state index is 0.375. The zero-order chi connectivity index (χ0) is 11.6. The van der Waals surface area contributed by atoms with Crippen molar-refractivity contribution in [1.29, 1.82) is 0 Å². The molecule has 1 aliphatic rings. The molecule has 0 atom stereocenters. The zero-order valence-electron chi connectivity index (χ0n) is 10.1. The second kappa shape index (κ2) is 4.77. The third kappa shape index (κ3) is 2.78. The molecule has 2 heteroatoms. The van der Waals surface area contributed by atoms with Crippen molar-refractivity contribution < 1.29 is 0 Å². The lowest BCUT2D eigenvalue weighted by atomic mass is 9.96. The highest BCUT2D eigenvalue weighted by Crippen LogP contribution is 2.48. The summed E-state index contributed by atoms with van der Waals surface area (Å²) in [5, 5.41) is 4.42. The van der Waals surface area contributed by atoms with Crippen LogP contribution in [0.25, 0.3) is 0 Å². The Hall–Kier alpha value is -0.530. The van der Waals surface area contributed by atoms with Gasteiger partial charge in [-0.2, -0.15) is 0 Å². The van der Waals surface area contributed by atoms with Gasteiger partial charge in [0.2, 0.25) is 0 Å². The van der Waals surface area contributed by atoms with Gasteiger partial charge in [0.05, 0.1) is 0 Å². The molecule has 0 bridgehead atoms. The second-order valence-corrected chi connectivity index (χ2v) is 5.75. The van der Waals surface area contributed by atoms with Crippen molar-refractivity contribution in [1.82, 2.24) is 5.32 Å². The molecular weight excluding hydrogens is 218 g/mol. The fourth-order valence-corrected chi connectivity index (χ4v) is 2.33. The molecule has 1 aliphatic carbocycles. The Balaban J connectivity index is 1.97. The molecule has 0 spiro atoms. The van der Waals surface area contributed by atoms with Gasteiger partial charge in [-0.25, -0.2) is 0 Å². The van der Waals surface area contributed by atoms with Crippen LogP contribution in [0.3, 0.4) is 0 Å². The van der Waals surface area contributed by atoms with Gasteiger partial charge in [-0.15, -0.1) is 0 Å². The van der Waals surface area contributed by atoms with Gasteiger partial charge >= 0.3 is 0 Å². The average molecular weight is 238 g/mol. The minimum Gasteiger partial charge on any atom is -0.316 e. The molecule has 1 nitrogen and oxygen atoms in total. The van der Waals surface area contributed by atoms with E-state index in [0.717, 1.165) is 24.0 Å². The molecular formula is C14H20ClN. The van der Waals surface area contributed by atoms with Crippen molar-refractivity contribution in [3.8, 4) is 0 Å². The highest BCUT2D eigenvalue weighted by atomic mass is 35.5. The fourth-order valence-electron chi connectivity index (χ4n) is 2.14. The lowest BCUT2D eigenvalue weighted by Gasteiger charge is -2.17. The van der Waals surface area contributed by atoms with E-state index >= 15 is 0 Å². The lowest BCUT2D eigenvalue weighted by Crippen LogP contribution is -2.29. The third-order valence-corrected chi connectivity index (χ3v) is 3.54. The monoisotopic (exact) mass is 237 g/mol. The lowest BCUT2D eigenvalue weighted by molar-refractivity contribution is 0.509. The SMILES string of the molecule is CC(C)CNCC1(c2cccc(Cl)c2)CC1. The van der Waals surface area contributed by atoms with E-state index in [2.05, 4.69) is 37.4 Å². The number of halogens is 1. The maximum atomic E-state index is 6.04. The van der Waals surface area contributed by atoms with E-state index in [0.29, 0.717) is 5.41 Å². The first-order valence-electron chi connectivity index (χ1n) is 6.09. The predicted molar refractivity (Wildman–Crippen MR) is 70.1 cm³/mol. The zero-order valence-corrected chi connectivity index (χ0v) is 10.8. The molecule has 0 amide bonds. The van der Waals surface area contributed by atoms with Gasteiger partial charge in [0, 0.05) is 17.0 Å². The summed E-state index contributed by atoms with van der Waals surface area (Å²) in [6.07, 6.45) is 2.58. The van der Waals surface area contributed by atoms with Gasteiger partial charge in [-0.3, -0.25) is 0 Å². The molecule has 1 fully saturated rings. The van der Waals surface area contributed by atoms with E-state index in [-0.39, 0.29) is 0 Å². The van der Waals surface area contributed by atoms with Crippen molar-refractivity contribution >= 4 is 11.6 Å². The van der Waals surface area contributed by atoms with Gasteiger partial charge < -0.3 is 5.32 Å². The molecule has 2 rings (SSSR count). The van der Waals surface area contributed by atoms with E-state index in [1.807, 2.05) is 6.07 Å². The van der Waals surface area contributed by atoms with Crippen molar-refractivity contribution in [3.63, 3.8) is 0 Å². The number of hydrogen-bond acceptors (Lipinski definition) is 1. The summed E-state index contributed by atoms with van der Waals surface area (Å²) in [6, 6.07) is 8.32. The topological polar surface area (TPSA) is 12.0 Å². The molecule has 0 heterocycles. The van der Waals surface area contributed by atoms with E-state index in [9.17, 15) is 0 Å². The summed E-state index contributed by atoms with van der Waals surface area (Å²) in [6.45, 7) is 6.67. The maximum absolute atomic E-state index is 6.04. The summed E-state index contributed by atoms with van der Waals surface area (Å²) in [4.78, 5) is 0. The smallest absolute Gasteiger partial charge is 0.0408 e. The van der Waals surface area contributed by atoms with Crippen LogP contribution in [0, 0.1) is 5.92 Å². The highest BCUT2D eigenvalue weighted by Gasteiger charge is 2.43. The van der Waals surface area contributed by atoms with Crippen molar-refractivity contribution in [2.45, 2.75) is 32.1 Å². The summed E-state index contributed by atoms with van der Waals surface area (Å²) >= 11 is 6.04. The first-order valence-corrected chi connectivity index (χ1v) is 6.47. The van der Waals surface area contributed by atoms with Crippen LogP contribution < -0.4 is 5.32 Å². The quantitative estimate of drug-likeness (QED) is 0.825. The molecule has 0 radical (unpaired) electrons. The Kier molecular flexibility index (Phi) is 3.56. The normalized spacial score (nSPS) is 17.8. The fraction of sp³-hybridized carbons (Fsp3) is 0.571. The van der Waals surface area contributed by atoms with Crippen LogP contribution in [0.5, 0.6) is 0 Å². The van der Waals surface area contributed by atoms with E-state index in [1.54, 1.807) is 0 Å². The third-order valence-electron chi connectivity index (χ3n) is 3.31. The number of rotatable bonds is 5. The number of nitrogens with one attached hydrogen (secondary N) is 1. The Morgan fingerprint density at radius 2 is 2.12 bits per heavy atom. The van der Waals surface area contributed by atoms with Crippen LogP contribution in [0.1, 0.15) is 32.3 Å². The highest BCUT2D eigenvalue weighted by molar-refractivity contribution is 6.30. The van der Waals surface area contributed by atoms with Gasteiger partial charge in [0.15, 0.2) is 0 Å². The predicted octanol–water partition coefficient (Wildman–Crippen LogP) is 3.62. The number of benzene rings is 1. The van der Waals surface area contributed by atoms with Crippen molar-refractivity contribution in [2.75, 3.05) is 13.1 Å². The molecule has 1 N–H and O–H groups in total. The van der Waals surface area contributed by atoms with Gasteiger partial charge in [0.1, 0.15) is 0 Å². The molecule has 0 saturated heterocycles. The summed E-state index contributed by atoms with van der Waals surface area (Å²) in [5.74, 6) is 0.718. The first kappa shape index (κ1) is 11.9. The Morgan fingerprint density at radius 3 is 2.69 bits per heavy atom. The van der Waals surface area contributed by atoms with Gasteiger partial charge in [-0.05, 0) is 43.0 Å². The molecule has 1 aromatic carbocycles. The van der Waals surface area contributed by atoms with Gasteiger partial charge in [0.25, 0.3) is 0 Å². The molecule has 1 aromatic rings. The first-order chi connectivity index (χ1) is 7.62. The summed E-state index contributed by atoms with van der Waals surface area (Å²) < 4.78 is 0. The number of hydrogen-bond donors (Lipinski definition) is 1. The van der Waals surface area contributed by atoms with E-state index < -0.39 is 0 Å². The molecule has 0 unspecified atom stereocenters. The van der Waals surface area contributed by atoms with Crippen LogP contribution in [0.2, 0.25) is 5.02 Å². The second-order valence-electron chi connectivity index (χ2n) is 5.32. The van der Waals surface area contributed by atoms with Crippen LogP contribution >= 0.6 is 11.6 Å². The maximum Gasteiger partial charge on any atom is 0.0408 e. The molecule has 0 aliphatic heterocycles. The Bertz CT molecular complexity index is 356. The summed E-state index contributed by atoms with van der Waals surface area (Å²) in [7, 11) is 0. The summed E-state index contributed by atoms with van der Waals surface area (Å²) in [5.41, 5.74) is 1.77. The molecule has 88 valence electrons. The minimum absolute atomic E-state index is 0.375. The van der Waals surface area contributed by atoms with Crippen LogP contribution in [0.4, 0.5) is 0 Å². The Morgan fingerprint density at radius 1 is 1.38 bits per heavy atom. The standard InChI is InChI=1S/C14H20ClN/c1-11(2)9-16-10-14(6-7-14)12-4-3-5-13(15)8-12/h3-5,8,11,16H,6-7,9-10H2,1-2H3. The van der Waals surface area contributed by atoms with Crippen molar-refractivity contribution in [2.24, 2.45) is 5.92 Å². The van der Waals surface area contributed by atoms with Crippen molar-refractivity contribution in [3.05, 3.63) is 34.9 Å². The molecule has 16 heavy (non-hydrogen) atoms. The Labute approximate surface area is 103 Å². The molecule has 1 saturated carbocycles. The average Bonchev–Trinajstić information content (AvgIpc) is 2.98.